The molecule has 0 amide bonds. The lowest BCUT2D eigenvalue weighted by Crippen LogP contribution is -1.83. The van der Waals surface area contributed by atoms with E-state index in [1.165, 1.54) is 11.3 Å². The third-order valence-corrected chi connectivity index (χ3v) is 3.06. The predicted molar refractivity (Wildman–Crippen MR) is 65.3 cm³/mol. The van der Waals surface area contributed by atoms with Gasteiger partial charge in [-0.15, -0.1) is 11.3 Å². The molecule has 0 unspecified atom stereocenters. The fourth-order valence-electron chi connectivity index (χ4n) is 1.39. The predicted octanol–water partition coefficient (Wildman–Crippen LogP) is 2.44. The molecular weight excluding hydrogens is 236 g/mol. The van der Waals surface area contributed by atoms with Gasteiger partial charge in [0.1, 0.15) is 5.69 Å². The molecule has 3 aromatic heterocycles. The normalized spacial score (nSPS) is 10.6. The molecule has 0 spiro atoms. The molecule has 2 N–H and O–H groups in total. The average molecular weight is 244 g/mol. The highest BCUT2D eigenvalue weighted by molar-refractivity contribution is 7.19. The Labute approximate surface area is 101 Å². The summed E-state index contributed by atoms with van der Waals surface area (Å²) in [5.74, 6) is 0.944. The van der Waals surface area contributed by atoms with Crippen molar-refractivity contribution in [3.63, 3.8) is 0 Å². The summed E-state index contributed by atoms with van der Waals surface area (Å²) in [6, 6.07) is 9.21. The van der Waals surface area contributed by atoms with Crippen molar-refractivity contribution in [1.29, 1.82) is 0 Å². The molecule has 6 heteroatoms. The van der Waals surface area contributed by atoms with E-state index in [0.29, 0.717) is 17.4 Å². The minimum atomic E-state index is 0.465. The van der Waals surface area contributed by atoms with Crippen LogP contribution < -0.4 is 5.73 Å². The van der Waals surface area contributed by atoms with E-state index in [1.54, 1.807) is 6.20 Å². The molecule has 3 aromatic rings. The van der Waals surface area contributed by atoms with Crippen LogP contribution in [0.2, 0.25) is 0 Å². The molecular formula is C11H8N4OS. The molecule has 0 saturated heterocycles. The molecule has 5 nitrogen and oxygen atoms in total. The molecule has 0 aromatic carbocycles. The molecule has 0 aliphatic rings. The molecule has 0 radical (unpaired) electrons. The molecule has 84 valence electrons. The molecule has 0 saturated carbocycles. The molecule has 0 atom stereocenters. The maximum Gasteiger partial charge on any atom is 0.268 e. The van der Waals surface area contributed by atoms with Crippen molar-refractivity contribution in [3.8, 4) is 22.3 Å². The van der Waals surface area contributed by atoms with Crippen LogP contribution in [0.4, 0.5) is 5.00 Å². The molecule has 3 heterocycles. The molecule has 0 aliphatic carbocycles. The molecule has 3 rings (SSSR count). The second-order valence-electron chi connectivity index (χ2n) is 3.34. The first-order valence-corrected chi connectivity index (χ1v) is 5.75. The van der Waals surface area contributed by atoms with Gasteiger partial charge in [-0.1, -0.05) is 11.2 Å². The zero-order valence-corrected chi connectivity index (χ0v) is 9.52. The van der Waals surface area contributed by atoms with Gasteiger partial charge in [0.05, 0.1) is 9.88 Å². The lowest BCUT2D eigenvalue weighted by Gasteiger charge is -1.89. The molecule has 0 fully saturated rings. The van der Waals surface area contributed by atoms with Crippen LogP contribution in [0, 0.1) is 0 Å². The number of thiophene rings is 1. The first-order valence-electron chi connectivity index (χ1n) is 4.94. The number of nitrogen functional groups attached to an aromatic ring is 1. The van der Waals surface area contributed by atoms with Gasteiger partial charge >= 0.3 is 0 Å². The topological polar surface area (TPSA) is 77.8 Å². The van der Waals surface area contributed by atoms with Gasteiger partial charge in [0.25, 0.3) is 5.89 Å². The zero-order chi connectivity index (χ0) is 11.7. The third-order valence-electron chi connectivity index (χ3n) is 2.16. The summed E-state index contributed by atoms with van der Waals surface area (Å²) in [4.78, 5) is 9.29. The SMILES string of the molecule is Nc1ccc(-c2nc(-c3ccccn3)no2)s1. The number of nitrogens with two attached hydrogens (primary N) is 1. The van der Waals surface area contributed by atoms with Gasteiger partial charge in [0.15, 0.2) is 0 Å². The second-order valence-corrected chi connectivity index (χ2v) is 4.46. The number of aromatic nitrogens is 3. The van der Waals surface area contributed by atoms with Crippen LogP contribution in [0.15, 0.2) is 41.1 Å². The van der Waals surface area contributed by atoms with Gasteiger partial charge < -0.3 is 10.3 Å². The summed E-state index contributed by atoms with van der Waals surface area (Å²) in [5.41, 5.74) is 6.34. The summed E-state index contributed by atoms with van der Waals surface area (Å²) in [6.45, 7) is 0. The Balaban J connectivity index is 1.99. The van der Waals surface area contributed by atoms with Crippen LogP contribution in [0.1, 0.15) is 0 Å². The monoisotopic (exact) mass is 244 g/mol. The van der Waals surface area contributed by atoms with Gasteiger partial charge in [0, 0.05) is 6.20 Å². The Morgan fingerprint density at radius 1 is 1.18 bits per heavy atom. The Bertz CT molecular complexity index is 632. The number of hydrogen-bond donors (Lipinski definition) is 1. The maximum absolute atomic E-state index is 5.65. The van der Waals surface area contributed by atoms with Crippen molar-refractivity contribution in [2.75, 3.05) is 5.73 Å². The first kappa shape index (κ1) is 9.98. The van der Waals surface area contributed by atoms with Crippen molar-refractivity contribution < 1.29 is 4.52 Å². The van der Waals surface area contributed by atoms with Crippen molar-refractivity contribution in [2.24, 2.45) is 0 Å². The lowest BCUT2D eigenvalue weighted by molar-refractivity contribution is 0.433. The molecule has 0 aliphatic heterocycles. The number of pyridine rings is 1. The minimum Gasteiger partial charge on any atom is -0.391 e. The Kier molecular flexibility index (Phi) is 2.34. The largest absolute Gasteiger partial charge is 0.391 e. The third kappa shape index (κ3) is 1.90. The highest BCUT2D eigenvalue weighted by atomic mass is 32.1. The number of anilines is 1. The smallest absolute Gasteiger partial charge is 0.268 e. The Morgan fingerprint density at radius 2 is 2.12 bits per heavy atom. The van der Waals surface area contributed by atoms with Gasteiger partial charge in [-0.3, -0.25) is 4.98 Å². The second kappa shape index (κ2) is 3.99. The minimum absolute atomic E-state index is 0.465. The number of nitrogens with zero attached hydrogens (tertiary/aromatic N) is 3. The van der Waals surface area contributed by atoms with E-state index in [-0.39, 0.29) is 0 Å². The fourth-order valence-corrected chi connectivity index (χ4v) is 2.09. The van der Waals surface area contributed by atoms with E-state index < -0.39 is 0 Å². The van der Waals surface area contributed by atoms with Gasteiger partial charge in [-0.25, -0.2) is 0 Å². The van der Waals surface area contributed by atoms with E-state index in [2.05, 4.69) is 15.1 Å². The van der Waals surface area contributed by atoms with Crippen LogP contribution >= 0.6 is 11.3 Å². The van der Waals surface area contributed by atoms with Crippen LogP contribution in [-0.4, -0.2) is 15.1 Å². The Hall–Kier alpha value is -2.21. The van der Waals surface area contributed by atoms with Crippen LogP contribution in [0.3, 0.4) is 0 Å². The quantitative estimate of drug-likeness (QED) is 0.749. The van der Waals surface area contributed by atoms with Crippen molar-refractivity contribution in [3.05, 3.63) is 36.5 Å². The number of rotatable bonds is 2. The van der Waals surface area contributed by atoms with Crippen molar-refractivity contribution in [2.45, 2.75) is 0 Å². The van der Waals surface area contributed by atoms with Crippen molar-refractivity contribution in [1.82, 2.24) is 15.1 Å². The molecule has 17 heavy (non-hydrogen) atoms. The first-order chi connectivity index (χ1) is 8.33. The summed E-state index contributed by atoms with van der Waals surface area (Å²) in [7, 11) is 0. The van der Waals surface area contributed by atoms with E-state index in [4.69, 9.17) is 10.3 Å². The number of hydrogen-bond acceptors (Lipinski definition) is 6. The highest BCUT2D eigenvalue weighted by Gasteiger charge is 2.12. The summed E-state index contributed by atoms with van der Waals surface area (Å²) in [5, 5.41) is 4.61. The fraction of sp³-hybridized carbons (Fsp3) is 0. The Morgan fingerprint density at radius 3 is 2.82 bits per heavy atom. The van der Waals surface area contributed by atoms with E-state index >= 15 is 0 Å². The van der Waals surface area contributed by atoms with E-state index in [9.17, 15) is 0 Å². The lowest BCUT2D eigenvalue weighted by atomic mass is 10.3. The van der Waals surface area contributed by atoms with E-state index in [0.717, 1.165) is 9.88 Å². The van der Waals surface area contributed by atoms with Crippen molar-refractivity contribution >= 4 is 16.3 Å². The van der Waals surface area contributed by atoms with Gasteiger partial charge in [-0.2, -0.15) is 4.98 Å². The van der Waals surface area contributed by atoms with Gasteiger partial charge in [0.2, 0.25) is 5.82 Å². The van der Waals surface area contributed by atoms with Gasteiger partial charge in [-0.05, 0) is 24.3 Å². The van der Waals surface area contributed by atoms with Crippen LogP contribution in [0.5, 0.6) is 0 Å². The zero-order valence-electron chi connectivity index (χ0n) is 8.70. The maximum atomic E-state index is 5.65. The average Bonchev–Trinajstić information content (AvgIpc) is 2.98. The summed E-state index contributed by atoms with van der Waals surface area (Å²) >= 11 is 1.41. The molecule has 0 bridgehead atoms. The summed E-state index contributed by atoms with van der Waals surface area (Å²) in [6.07, 6.45) is 1.69. The van der Waals surface area contributed by atoms with Crippen LogP contribution in [-0.2, 0) is 0 Å². The van der Waals surface area contributed by atoms with E-state index in [1.807, 2.05) is 30.3 Å². The van der Waals surface area contributed by atoms with Crippen LogP contribution in [0.25, 0.3) is 22.3 Å². The highest BCUT2D eigenvalue weighted by Crippen LogP contribution is 2.29. The standard InChI is InChI=1S/C11H8N4OS/c12-9-5-4-8(17-9)11-14-10(15-16-11)7-3-1-2-6-13-7/h1-6H,12H2. The summed E-state index contributed by atoms with van der Waals surface area (Å²) < 4.78 is 5.17.